The van der Waals surface area contributed by atoms with Crippen molar-refractivity contribution in [2.24, 2.45) is 0 Å². The van der Waals surface area contributed by atoms with Crippen LogP contribution in [-0.4, -0.2) is 39.6 Å². The number of hydrogen-bond donors (Lipinski definition) is 1. The molecule has 7 nitrogen and oxygen atoms in total. The third kappa shape index (κ3) is 5.19. The molecule has 2 aromatic carbocycles. The maximum Gasteiger partial charge on any atom is 0.164 e. The number of nitrogens with zero attached hydrogens (tertiary/aromatic N) is 3. The average molecular weight is 626 g/mol. The van der Waals surface area contributed by atoms with Gasteiger partial charge < -0.3 is 24.1 Å². The molecule has 1 N–H and O–H groups in total. The van der Waals surface area contributed by atoms with Crippen molar-refractivity contribution < 1.29 is 14.2 Å². The molecule has 1 saturated heterocycles. The van der Waals surface area contributed by atoms with E-state index in [1.165, 1.54) is 11.1 Å². The number of hydrogen-bond acceptors (Lipinski definition) is 6. The predicted octanol–water partition coefficient (Wildman–Crippen LogP) is 7.60. The quantitative estimate of drug-likeness (QED) is 0.179. The van der Waals surface area contributed by atoms with Gasteiger partial charge in [0.15, 0.2) is 5.79 Å². The van der Waals surface area contributed by atoms with Crippen molar-refractivity contribution in [1.29, 1.82) is 0 Å². The summed E-state index contributed by atoms with van der Waals surface area (Å²) >= 11 is 3.70. The summed E-state index contributed by atoms with van der Waals surface area (Å²) in [5.74, 6) is 1.05. The fraction of sp³-hybridized carbons (Fsp3) is 0.294. The number of aromatic nitrogens is 3. The molecule has 0 spiro atoms. The summed E-state index contributed by atoms with van der Waals surface area (Å²) in [7, 11) is 1.68. The summed E-state index contributed by atoms with van der Waals surface area (Å²) in [6.07, 6.45) is 7.90. The number of anilines is 1. The molecule has 214 valence electrons. The van der Waals surface area contributed by atoms with Gasteiger partial charge in [-0.3, -0.25) is 0 Å². The molecule has 0 bridgehead atoms. The Morgan fingerprint density at radius 1 is 0.976 bits per heavy atom. The maximum atomic E-state index is 6.44. The lowest BCUT2D eigenvalue weighted by molar-refractivity contribution is -0.147. The van der Waals surface area contributed by atoms with Crippen molar-refractivity contribution in [1.82, 2.24) is 14.5 Å². The van der Waals surface area contributed by atoms with E-state index >= 15 is 0 Å². The SMILES string of the molecule is COc1ccc(CNc2nc3cc(CCC4=C[C@@H](n5ccc6cccnc65)[C@@H]5OC(C)(C)O[C@H]45)ccc3cc2Br)cc1. The van der Waals surface area contributed by atoms with Crippen LogP contribution in [0.2, 0.25) is 0 Å². The number of fused-ring (bicyclic) bond motifs is 3. The fourth-order valence-electron chi connectivity index (χ4n) is 6.11. The first kappa shape index (κ1) is 27.1. The highest BCUT2D eigenvalue weighted by Gasteiger charge is 2.50. The summed E-state index contributed by atoms with van der Waals surface area (Å²) in [5.41, 5.74) is 5.61. The molecule has 1 aliphatic carbocycles. The molecule has 8 heteroatoms. The number of benzene rings is 2. The van der Waals surface area contributed by atoms with Crippen LogP contribution in [0.5, 0.6) is 5.75 Å². The Hall–Kier alpha value is -3.72. The second-order valence-electron chi connectivity index (χ2n) is 11.4. The molecular formula is C34H33BrN4O3. The second-order valence-corrected chi connectivity index (χ2v) is 12.3. The molecular weight excluding hydrogens is 592 g/mol. The number of ether oxygens (including phenoxy) is 3. The van der Waals surface area contributed by atoms with E-state index < -0.39 is 5.79 Å². The number of methoxy groups -OCH3 is 1. The Bertz CT molecular complexity index is 1800. The molecule has 1 aliphatic heterocycles. The Morgan fingerprint density at radius 3 is 2.64 bits per heavy atom. The van der Waals surface area contributed by atoms with E-state index in [4.69, 9.17) is 19.2 Å². The van der Waals surface area contributed by atoms with Crippen LogP contribution in [0.25, 0.3) is 21.9 Å². The number of aryl methyl sites for hydroxylation is 1. The third-order valence-corrected chi connectivity index (χ3v) is 8.77. The highest BCUT2D eigenvalue weighted by molar-refractivity contribution is 9.10. The zero-order chi connectivity index (χ0) is 28.8. The monoisotopic (exact) mass is 624 g/mol. The Balaban J connectivity index is 1.10. The topological polar surface area (TPSA) is 70.4 Å². The smallest absolute Gasteiger partial charge is 0.164 e. The molecule has 5 aromatic rings. The average Bonchev–Trinajstić information content (AvgIpc) is 3.66. The molecule has 1 fully saturated rings. The molecule has 7 rings (SSSR count). The van der Waals surface area contributed by atoms with Gasteiger partial charge in [-0.15, -0.1) is 0 Å². The van der Waals surface area contributed by atoms with Crippen LogP contribution in [0, 0.1) is 0 Å². The van der Waals surface area contributed by atoms with Gasteiger partial charge in [0.2, 0.25) is 0 Å². The van der Waals surface area contributed by atoms with Crippen molar-refractivity contribution >= 4 is 43.7 Å². The first-order valence-corrected chi connectivity index (χ1v) is 15.1. The normalized spacial score (nSPS) is 21.0. The van der Waals surface area contributed by atoms with Gasteiger partial charge in [0.25, 0.3) is 0 Å². The van der Waals surface area contributed by atoms with Crippen LogP contribution in [0.1, 0.15) is 37.4 Å². The van der Waals surface area contributed by atoms with E-state index in [0.29, 0.717) is 6.54 Å². The van der Waals surface area contributed by atoms with Crippen LogP contribution < -0.4 is 10.1 Å². The van der Waals surface area contributed by atoms with Gasteiger partial charge >= 0.3 is 0 Å². The van der Waals surface area contributed by atoms with E-state index in [-0.39, 0.29) is 18.2 Å². The molecule has 2 aliphatic rings. The lowest BCUT2D eigenvalue weighted by Crippen LogP contribution is -2.27. The molecule has 3 atom stereocenters. The minimum Gasteiger partial charge on any atom is -0.497 e. The second kappa shape index (κ2) is 10.8. The highest BCUT2D eigenvalue weighted by Crippen LogP contribution is 2.45. The molecule has 0 amide bonds. The summed E-state index contributed by atoms with van der Waals surface area (Å²) in [6.45, 7) is 4.67. The first-order chi connectivity index (χ1) is 20.4. The van der Waals surface area contributed by atoms with E-state index in [2.05, 4.69) is 91.6 Å². The lowest BCUT2D eigenvalue weighted by atomic mass is 10.0. The minimum absolute atomic E-state index is 0.0362. The first-order valence-electron chi connectivity index (χ1n) is 14.3. The zero-order valence-corrected chi connectivity index (χ0v) is 25.5. The van der Waals surface area contributed by atoms with Gasteiger partial charge in [0.05, 0.1) is 23.1 Å². The molecule has 0 saturated carbocycles. The minimum atomic E-state index is -0.626. The molecule has 0 unspecified atom stereocenters. The van der Waals surface area contributed by atoms with Gasteiger partial charge in [0, 0.05) is 29.7 Å². The number of pyridine rings is 2. The largest absolute Gasteiger partial charge is 0.497 e. The number of nitrogens with one attached hydrogen (secondary N) is 1. The van der Waals surface area contributed by atoms with Crippen LogP contribution in [0.15, 0.2) is 95.2 Å². The van der Waals surface area contributed by atoms with Gasteiger partial charge in [-0.25, -0.2) is 9.97 Å². The van der Waals surface area contributed by atoms with Crippen molar-refractivity contribution in [2.45, 2.75) is 57.3 Å². The van der Waals surface area contributed by atoms with E-state index in [0.717, 1.165) is 56.4 Å². The van der Waals surface area contributed by atoms with Crippen molar-refractivity contribution in [3.63, 3.8) is 0 Å². The molecule has 0 radical (unpaired) electrons. The standard InChI is InChI=1S/C34H33BrN4O3/c1-34(2)41-30-25(19-29(31(30)42-34)39-16-14-23-5-4-15-36-33(23)39)11-7-21-6-10-24-18-27(35)32(38-28(24)17-21)37-20-22-8-12-26(40-3)13-9-22/h4-6,8-10,12-19,29-31H,7,11,20H2,1-3H3,(H,37,38)/t29-,30-,31+/m1/s1. The van der Waals surface area contributed by atoms with Gasteiger partial charge in [-0.1, -0.05) is 30.3 Å². The van der Waals surface area contributed by atoms with E-state index in [9.17, 15) is 0 Å². The fourth-order valence-corrected chi connectivity index (χ4v) is 6.59. The predicted molar refractivity (Wildman–Crippen MR) is 169 cm³/mol. The number of halogens is 1. The maximum absolute atomic E-state index is 6.44. The van der Waals surface area contributed by atoms with Crippen molar-refractivity contribution in [3.05, 3.63) is 106 Å². The van der Waals surface area contributed by atoms with E-state index in [1.807, 2.05) is 38.2 Å². The van der Waals surface area contributed by atoms with Crippen molar-refractivity contribution in [3.8, 4) is 5.75 Å². The molecule has 42 heavy (non-hydrogen) atoms. The summed E-state index contributed by atoms with van der Waals surface area (Å²) in [4.78, 5) is 9.61. The molecule has 3 aromatic heterocycles. The Morgan fingerprint density at radius 2 is 1.81 bits per heavy atom. The van der Waals surface area contributed by atoms with Crippen molar-refractivity contribution in [2.75, 3.05) is 12.4 Å². The zero-order valence-electron chi connectivity index (χ0n) is 23.9. The highest BCUT2D eigenvalue weighted by atomic mass is 79.9. The number of rotatable bonds is 8. The summed E-state index contributed by atoms with van der Waals surface area (Å²) in [5, 5.41) is 5.70. The van der Waals surface area contributed by atoms with Gasteiger partial charge in [-0.05, 0) is 102 Å². The van der Waals surface area contributed by atoms with Gasteiger partial charge in [-0.2, -0.15) is 0 Å². The van der Waals surface area contributed by atoms with Crippen LogP contribution in [0.3, 0.4) is 0 Å². The Labute approximate surface area is 253 Å². The third-order valence-electron chi connectivity index (χ3n) is 8.17. The van der Waals surface area contributed by atoms with Gasteiger partial charge in [0.1, 0.15) is 29.4 Å². The summed E-state index contributed by atoms with van der Waals surface area (Å²) < 4.78 is 21.3. The summed E-state index contributed by atoms with van der Waals surface area (Å²) in [6, 6.07) is 22.9. The lowest BCUT2D eigenvalue weighted by Gasteiger charge is -2.22. The Kier molecular flexibility index (Phi) is 7.00. The molecule has 4 heterocycles. The van der Waals surface area contributed by atoms with Crippen LogP contribution >= 0.6 is 15.9 Å². The van der Waals surface area contributed by atoms with Crippen LogP contribution in [0.4, 0.5) is 5.82 Å². The van der Waals surface area contributed by atoms with E-state index in [1.54, 1.807) is 7.11 Å². The van der Waals surface area contributed by atoms with Crippen LogP contribution in [-0.2, 0) is 22.4 Å².